The van der Waals surface area contributed by atoms with E-state index >= 15 is 0 Å². The lowest BCUT2D eigenvalue weighted by molar-refractivity contribution is -0.133. The van der Waals surface area contributed by atoms with Gasteiger partial charge < -0.3 is 20.3 Å². The van der Waals surface area contributed by atoms with Gasteiger partial charge in [-0.15, -0.1) is 0 Å². The van der Waals surface area contributed by atoms with Gasteiger partial charge in [0.05, 0.1) is 12.6 Å². The van der Waals surface area contributed by atoms with Crippen LogP contribution in [0.4, 0.5) is 0 Å². The molecule has 0 aromatic heterocycles. The van der Waals surface area contributed by atoms with Crippen molar-refractivity contribution in [2.45, 2.75) is 45.3 Å². The third-order valence-corrected chi connectivity index (χ3v) is 5.11. The van der Waals surface area contributed by atoms with E-state index in [1.807, 2.05) is 39.2 Å². The van der Waals surface area contributed by atoms with Crippen LogP contribution in [0.2, 0.25) is 0 Å². The average Bonchev–Trinajstić information content (AvgIpc) is 3.15. The molecule has 2 rings (SSSR count). The number of carbonyl (C=O) groups is 1. The summed E-state index contributed by atoms with van der Waals surface area (Å²) in [6.07, 6.45) is 3.05. The summed E-state index contributed by atoms with van der Waals surface area (Å²) < 4.78 is 5.95. The van der Waals surface area contributed by atoms with E-state index in [1.54, 1.807) is 11.9 Å². The standard InChI is InChI=1S/C22H37N5O2/c1-17-9-6-10-19(15-17)29-18(2)16-25-22(23-3)24-12-8-14-27-13-7-11-20(27)21(28)26(4)5/h6,9-10,15,18,20H,7-8,11-14,16H2,1-5H3,(H2,23,24,25). The first-order valence-corrected chi connectivity index (χ1v) is 10.5. The van der Waals surface area contributed by atoms with Crippen molar-refractivity contribution in [2.75, 3.05) is 47.3 Å². The Morgan fingerprint density at radius 1 is 1.38 bits per heavy atom. The maximum absolute atomic E-state index is 12.3. The van der Waals surface area contributed by atoms with E-state index in [0.717, 1.165) is 50.6 Å². The lowest BCUT2D eigenvalue weighted by atomic mass is 10.2. The molecule has 0 aliphatic carbocycles. The van der Waals surface area contributed by atoms with Gasteiger partial charge in [0.15, 0.2) is 5.96 Å². The van der Waals surface area contributed by atoms with E-state index in [9.17, 15) is 4.79 Å². The number of aryl methyl sites for hydroxylation is 1. The number of amides is 1. The van der Waals surface area contributed by atoms with Crippen LogP contribution in [0.3, 0.4) is 0 Å². The molecule has 1 heterocycles. The smallest absolute Gasteiger partial charge is 0.239 e. The van der Waals surface area contributed by atoms with E-state index < -0.39 is 0 Å². The van der Waals surface area contributed by atoms with Crippen LogP contribution in [0.25, 0.3) is 0 Å². The molecule has 1 aliphatic rings. The molecule has 2 atom stereocenters. The zero-order valence-corrected chi connectivity index (χ0v) is 18.6. The molecular weight excluding hydrogens is 366 g/mol. The summed E-state index contributed by atoms with van der Waals surface area (Å²) in [6.45, 7) is 7.50. The third-order valence-electron chi connectivity index (χ3n) is 5.11. The molecule has 1 aliphatic heterocycles. The number of guanidine groups is 1. The number of nitrogens with one attached hydrogen (secondary N) is 2. The van der Waals surface area contributed by atoms with E-state index in [0.29, 0.717) is 6.54 Å². The number of carbonyl (C=O) groups excluding carboxylic acids is 1. The van der Waals surface area contributed by atoms with Crippen molar-refractivity contribution in [3.05, 3.63) is 29.8 Å². The fourth-order valence-corrected chi connectivity index (χ4v) is 3.58. The zero-order valence-electron chi connectivity index (χ0n) is 18.6. The zero-order chi connectivity index (χ0) is 21.2. The number of likely N-dealkylation sites (N-methyl/N-ethyl adjacent to an activating group) is 1. The Morgan fingerprint density at radius 3 is 2.86 bits per heavy atom. The molecule has 7 heteroatoms. The summed E-state index contributed by atoms with van der Waals surface area (Å²) >= 11 is 0. The number of aliphatic imine (C=N–C) groups is 1. The molecule has 1 aromatic carbocycles. The summed E-state index contributed by atoms with van der Waals surface area (Å²) in [5.74, 6) is 1.87. The third kappa shape index (κ3) is 7.57. The molecule has 2 N–H and O–H groups in total. The second-order valence-electron chi connectivity index (χ2n) is 7.91. The fourth-order valence-electron chi connectivity index (χ4n) is 3.58. The molecule has 2 unspecified atom stereocenters. The second kappa shape index (κ2) is 11.7. The van der Waals surface area contributed by atoms with Gasteiger partial charge in [-0.1, -0.05) is 12.1 Å². The van der Waals surface area contributed by atoms with E-state index in [4.69, 9.17) is 4.74 Å². The number of ether oxygens (including phenoxy) is 1. The van der Waals surface area contributed by atoms with Gasteiger partial charge in [-0.3, -0.25) is 14.7 Å². The maximum Gasteiger partial charge on any atom is 0.239 e. The van der Waals surface area contributed by atoms with Crippen molar-refractivity contribution in [1.29, 1.82) is 0 Å². The van der Waals surface area contributed by atoms with Crippen molar-refractivity contribution in [3.8, 4) is 5.75 Å². The van der Waals surface area contributed by atoms with Crippen molar-refractivity contribution in [1.82, 2.24) is 20.4 Å². The minimum atomic E-state index is 0.0257. The Balaban J connectivity index is 1.66. The minimum absolute atomic E-state index is 0.0257. The van der Waals surface area contributed by atoms with Gasteiger partial charge in [-0.05, 0) is 57.4 Å². The van der Waals surface area contributed by atoms with Crippen LogP contribution < -0.4 is 15.4 Å². The Hall–Kier alpha value is -2.28. The quantitative estimate of drug-likeness (QED) is 0.374. The molecule has 1 fully saturated rings. The monoisotopic (exact) mass is 403 g/mol. The molecule has 29 heavy (non-hydrogen) atoms. The van der Waals surface area contributed by atoms with Crippen LogP contribution in [-0.4, -0.2) is 81.1 Å². The highest BCUT2D eigenvalue weighted by Crippen LogP contribution is 2.18. The average molecular weight is 404 g/mol. The first kappa shape index (κ1) is 23.0. The molecule has 7 nitrogen and oxygen atoms in total. The van der Waals surface area contributed by atoms with Crippen LogP contribution in [0.5, 0.6) is 5.75 Å². The molecule has 1 amide bonds. The van der Waals surface area contributed by atoms with Crippen LogP contribution >= 0.6 is 0 Å². The summed E-state index contributed by atoms with van der Waals surface area (Å²) in [5, 5.41) is 6.66. The molecular formula is C22H37N5O2. The normalized spacial score (nSPS) is 18.4. The molecule has 1 aromatic rings. The largest absolute Gasteiger partial charge is 0.489 e. The Labute approximate surface area is 175 Å². The molecule has 1 saturated heterocycles. The Kier molecular flexibility index (Phi) is 9.25. The number of likely N-dealkylation sites (tertiary alicyclic amines) is 1. The van der Waals surface area contributed by atoms with E-state index in [-0.39, 0.29) is 18.1 Å². The first-order valence-electron chi connectivity index (χ1n) is 10.5. The van der Waals surface area contributed by atoms with Gasteiger partial charge in [0, 0.05) is 34.2 Å². The minimum Gasteiger partial charge on any atom is -0.489 e. The van der Waals surface area contributed by atoms with Gasteiger partial charge in [-0.2, -0.15) is 0 Å². The Bertz CT molecular complexity index is 677. The number of hydrogen-bond donors (Lipinski definition) is 2. The van der Waals surface area contributed by atoms with E-state index in [2.05, 4.69) is 33.5 Å². The summed E-state index contributed by atoms with van der Waals surface area (Å²) in [6, 6.07) is 8.12. The SMILES string of the molecule is CN=C(NCCCN1CCCC1C(=O)N(C)C)NCC(C)Oc1cccc(C)c1. The number of hydrogen-bond acceptors (Lipinski definition) is 4. The first-order chi connectivity index (χ1) is 13.9. The highest BCUT2D eigenvalue weighted by atomic mass is 16.5. The number of benzene rings is 1. The predicted molar refractivity (Wildman–Crippen MR) is 119 cm³/mol. The van der Waals surface area contributed by atoms with Crippen LogP contribution in [-0.2, 0) is 4.79 Å². The predicted octanol–water partition coefficient (Wildman–Crippen LogP) is 1.87. The molecule has 0 radical (unpaired) electrons. The Morgan fingerprint density at radius 2 is 2.17 bits per heavy atom. The van der Waals surface area contributed by atoms with Crippen molar-refractivity contribution in [3.63, 3.8) is 0 Å². The van der Waals surface area contributed by atoms with Gasteiger partial charge >= 0.3 is 0 Å². The molecule has 162 valence electrons. The van der Waals surface area contributed by atoms with Gasteiger partial charge in [0.1, 0.15) is 11.9 Å². The summed E-state index contributed by atoms with van der Waals surface area (Å²) in [5.41, 5.74) is 1.19. The number of nitrogens with zero attached hydrogens (tertiary/aromatic N) is 3. The van der Waals surface area contributed by atoms with Gasteiger partial charge in [0.25, 0.3) is 0 Å². The summed E-state index contributed by atoms with van der Waals surface area (Å²) in [7, 11) is 5.44. The highest BCUT2D eigenvalue weighted by molar-refractivity contribution is 5.81. The van der Waals surface area contributed by atoms with Gasteiger partial charge in [0.2, 0.25) is 5.91 Å². The van der Waals surface area contributed by atoms with E-state index in [1.165, 1.54) is 5.56 Å². The maximum atomic E-state index is 12.3. The lowest BCUT2D eigenvalue weighted by Gasteiger charge is -2.26. The molecule has 0 saturated carbocycles. The lowest BCUT2D eigenvalue weighted by Crippen LogP contribution is -2.44. The number of rotatable bonds is 9. The summed E-state index contributed by atoms with van der Waals surface area (Å²) in [4.78, 5) is 20.6. The highest BCUT2D eigenvalue weighted by Gasteiger charge is 2.30. The molecule has 0 spiro atoms. The van der Waals surface area contributed by atoms with Crippen molar-refractivity contribution < 1.29 is 9.53 Å². The van der Waals surface area contributed by atoms with Crippen LogP contribution in [0.1, 0.15) is 31.7 Å². The van der Waals surface area contributed by atoms with Crippen LogP contribution in [0, 0.1) is 6.92 Å². The van der Waals surface area contributed by atoms with Crippen LogP contribution in [0.15, 0.2) is 29.3 Å². The molecule has 0 bridgehead atoms. The fraction of sp³-hybridized carbons (Fsp3) is 0.636. The van der Waals surface area contributed by atoms with Gasteiger partial charge in [-0.25, -0.2) is 0 Å². The second-order valence-corrected chi connectivity index (χ2v) is 7.91. The topological polar surface area (TPSA) is 69.2 Å². The van der Waals surface area contributed by atoms with Crippen molar-refractivity contribution in [2.24, 2.45) is 4.99 Å². The van der Waals surface area contributed by atoms with Crippen molar-refractivity contribution >= 4 is 11.9 Å².